The zero-order valence-electron chi connectivity index (χ0n) is 9.54. The second kappa shape index (κ2) is 5.98. The van der Waals surface area contributed by atoms with Crippen molar-refractivity contribution < 1.29 is 29.8 Å². The molecule has 1 atom stereocenters. The highest BCUT2D eigenvalue weighted by Gasteiger charge is 2.25. The van der Waals surface area contributed by atoms with Gasteiger partial charge < -0.3 is 25.9 Å². The number of nitrogens with two attached hydrogens (primary N) is 1. The monoisotopic (exact) mass is 262 g/mol. The van der Waals surface area contributed by atoms with Gasteiger partial charge in [-0.15, -0.1) is 0 Å². The van der Waals surface area contributed by atoms with Gasteiger partial charge in [0, 0.05) is 6.42 Å². The molecule has 1 rings (SSSR count). The molecule has 0 aliphatic carbocycles. The largest absolute Gasteiger partial charge is 0.480 e. The van der Waals surface area contributed by atoms with Gasteiger partial charge in [0.05, 0.1) is 12.1 Å². The molecule has 6 N–H and O–H groups in total. The molecule has 1 aromatic heterocycles. The van der Waals surface area contributed by atoms with Crippen molar-refractivity contribution in [3.8, 4) is 0 Å². The molecule has 0 spiro atoms. The molecule has 0 radical (unpaired) electrons. The SMILES string of the molecule is CCn1oc(C(=O)O)c(C[C@H](N)C(=O)O)c1=O.O. The predicted octanol–water partition coefficient (Wildman–Crippen LogP) is -1.71. The van der Waals surface area contributed by atoms with Gasteiger partial charge in [0.1, 0.15) is 6.04 Å². The minimum Gasteiger partial charge on any atom is -0.480 e. The van der Waals surface area contributed by atoms with Crippen LogP contribution in [0.5, 0.6) is 0 Å². The van der Waals surface area contributed by atoms with Gasteiger partial charge in [0.25, 0.3) is 5.56 Å². The zero-order chi connectivity index (χ0) is 13.2. The van der Waals surface area contributed by atoms with Crippen LogP contribution in [-0.4, -0.2) is 38.4 Å². The molecule has 9 heteroatoms. The van der Waals surface area contributed by atoms with E-state index in [1.54, 1.807) is 6.92 Å². The lowest BCUT2D eigenvalue weighted by molar-refractivity contribution is -0.138. The number of hydrogen-bond donors (Lipinski definition) is 3. The van der Waals surface area contributed by atoms with Crippen molar-refractivity contribution in [2.24, 2.45) is 5.73 Å². The molecule has 0 bridgehead atoms. The van der Waals surface area contributed by atoms with Crippen molar-refractivity contribution in [2.75, 3.05) is 0 Å². The lowest BCUT2D eigenvalue weighted by Crippen LogP contribution is -2.34. The minimum atomic E-state index is -1.43. The van der Waals surface area contributed by atoms with Crippen molar-refractivity contribution in [3.63, 3.8) is 0 Å². The number of aliphatic carboxylic acids is 1. The fourth-order valence-corrected chi connectivity index (χ4v) is 1.32. The molecular formula is C9H14N2O7. The fraction of sp³-hybridized carbons (Fsp3) is 0.444. The summed E-state index contributed by atoms with van der Waals surface area (Å²) in [5, 5.41) is 17.4. The Balaban J connectivity index is 0.00000289. The number of rotatable bonds is 5. The maximum atomic E-state index is 11.6. The van der Waals surface area contributed by atoms with Gasteiger partial charge in [-0.25, -0.2) is 4.79 Å². The van der Waals surface area contributed by atoms with Crippen LogP contribution in [0.2, 0.25) is 0 Å². The third-order valence-electron chi connectivity index (χ3n) is 2.18. The van der Waals surface area contributed by atoms with Gasteiger partial charge in [0.15, 0.2) is 0 Å². The summed E-state index contributed by atoms with van der Waals surface area (Å²) < 4.78 is 5.63. The van der Waals surface area contributed by atoms with E-state index in [2.05, 4.69) is 0 Å². The first-order valence-electron chi connectivity index (χ1n) is 4.83. The van der Waals surface area contributed by atoms with E-state index in [1.165, 1.54) is 0 Å². The predicted molar refractivity (Wildman–Crippen MR) is 58.5 cm³/mol. The molecular weight excluding hydrogens is 248 g/mol. The van der Waals surface area contributed by atoms with Crippen molar-refractivity contribution in [2.45, 2.75) is 25.9 Å². The van der Waals surface area contributed by atoms with Crippen molar-refractivity contribution in [3.05, 3.63) is 21.7 Å². The highest BCUT2D eigenvalue weighted by molar-refractivity contribution is 5.86. The van der Waals surface area contributed by atoms with E-state index in [1.807, 2.05) is 0 Å². The van der Waals surface area contributed by atoms with Gasteiger partial charge in [-0.1, -0.05) is 0 Å². The van der Waals surface area contributed by atoms with Crippen LogP contribution in [0.1, 0.15) is 23.0 Å². The minimum absolute atomic E-state index is 0. The normalized spacial score (nSPS) is 11.7. The summed E-state index contributed by atoms with van der Waals surface area (Å²) in [5.74, 6) is -3.31. The Hall–Kier alpha value is -2.13. The fourth-order valence-electron chi connectivity index (χ4n) is 1.32. The van der Waals surface area contributed by atoms with Crippen LogP contribution in [-0.2, 0) is 17.8 Å². The standard InChI is InChI=1S/C9H12N2O6.H2O/c1-2-11-7(12)4(3-5(10)8(13)14)6(17-11)9(15)16;/h5H,2-3,10H2,1H3,(H,13,14)(H,15,16);1H2/t5-;/m0./s1. The number of carboxylic acid groups (broad SMARTS) is 2. The van der Waals surface area contributed by atoms with Crippen LogP contribution in [0.3, 0.4) is 0 Å². The smallest absolute Gasteiger partial charge is 0.375 e. The summed E-state index contributed by atoms with van der Waals surface area (Å²) >= 11 is 0. The molecule has 0 fully saturated rings. The summed E-state index contributed by atoms with van der Waals surface area (Å²) in [4.78, 5) is 33.0. The van der Waals surface area contributed by atoms with Gasteiger partial charge in [-0.2, -0.15) is 4.74 Å². The van der Waals surface area contributed by atoms with Crippen molar-refractivity contribution in [1.29, 1.82) is 0 Å². The Morgan fingerprint density at radius 1 is 1.44 bits per heavy atom. The van der Waals surface area contributed by atoms with Crippen LogP contribution < -0.4 is 11.3 Å². The molecule has 1 aromatic rings. The first kappa shape index (κ1) is 15.9. The molecule has 18 heavy (non-hydrogen) atoms. The first-order chi connectivity index (χ1) is 7.88. The molecule has 0 amide bonds. The lowest BCUT2D eigenvalue weighted by Gasteiger charge is -2.02. The van der Waals surface area contributed by atoms with Crippen LogP contribution in [0.25, 0.3) is 0 Å². The lowest BCUT2D eigenvalue weighted by atomic mass is 10.1. The van der Waals surface area contributed by atoms with Crippen LogP contribution in [0.15, 0.2) is 9.32 Å². The Bertz CT molecular complexity index is 502. The molecule has 0 aromatic carbocycles. The molecule has 0 saturated carbocycles. The summed E-state index contributed by atoms with van der Waals surface area (Å²) in [6.07, 6.45) is -0.383. The number of hydrogen-bond acceptors (Lipinski definition) is 5. The zero-order valence-corrected chi connectivity index (χ0v) is 9.54. The van der Waals surface area contributed by atoms with Gasteiger partial charge in [-0.3, -0.25) is 9.59 Å². The average Bonchev–Trinajstić information content (AvgIpc) is 2.56. The van der Waals surface area contributed by atoms with E-state index >= 15 is 0 Å². The molecule has 0 aliphatic rings. The third-order valence-corrected chi connectivity index (χ3v) is 2.18. The first-order valence-corrected chi connectivity index (χ1v) is 4.83. The van der Waals surface area contributed by atoms with E-state index in [-0.39, 0.29) is 24.0 Å². The summed E-state index contributed by atoms with van der Waals surface area (Å²) in [6.45, 7) is 1.75. The maximum Gasteiger partial charge on any atom is 0.375 e. The van der Waals surface area contributed by atoms with Gasteiger partial charge in [-0.05, 0) is 6.92 Å². The third kappa shape index (κ3) is 2.96. The highest BCUT2D eigenvalue weighted by atomic mass is 16.5. The van der Waals surface area contributed by atoms with Gasteiger partial charge >= 0.3 is 11.9 Å². The summed E-state index contributed by atoms with van der Waals surface area (Å²) in [6, 6.07) is -1.34. The van der Waals surface area contributed by atoms with E-state index in [0.717, 1.165) is 4.74 Å². The number of nitrogens with zero attached hydrogens (tertiary/aromatic N) is 1. The second-order valence-electron chi connectivity index (χ2n) is 3.35. The Labute approximate surface area is 101 Å². The van der Waals surface area contributed by atoms with Gasteiger partial charge in [0.2, 0.25) is 5.76 Å². The molecule has 1 heterocycles. The van der Waals surface area contributed by atoms with Crippen LogP contribution in [0, 0.1) is 0 Å². The molecule has 9 nitrogen and oxygen atoms in total. The number of aryl methyl sites for hydroxylation is 1. The van der Waals surface area contributed by atoms with E-state index in [4.69, 9.17) is 20.5 Å². The van der Waals surface area contributed by atoms with E-state index < -0.39 is 29.3 Å². The molecule has 102 valence electrons. The van der Waals surface area contributed by atoms with E-state index in [9.17, 15) is 14.4 Å². The van der Waals surface area contributed by atoms with Crippen molar-refractivity contribution in [1.82, 2.24) is 4.74 Å². The molecule has 0 saturated heterocycles. The number of aromatic nitrogens is 1. The number of aromatic carboxylic acids is 1. The molecule has 0 aliphatic heterocycles. The number of carboxylic acids is 2. The number of carbonyl (C=O) groups is 2. The van der Waals surface area contributed by atoms with Crippen LogP contribution in [0.4, 0.5) is 0 Å². The highest BCUT2D eigenvalue weighted by Crippen LogP contribution is 2.08. The van der Waals surface area contributed by atoms with Crippen LogP contribution >= 0.6 is 0 Å². The average molecular weight is 262 g/mol. The molecule has 0 unspecified atom stereocenters. The van der Waals surface area contributed by atoms with E-state index in [0.29, 0.717) is 0 Å². The Morgan fingerprint density at radius 2 is 2.00 bits per heavy atom. The Morgan fingerprint density at radius 3 is 2.39 bits per heavy atom. The summed E-state index contributed by atoms with van der Waals surface area (Å²) in [7, 11) is 0. The topological polar surface area (TPSA) is 167 Å². The Kier molecular flexibility index (Phi) is 5.27. The van der Waals surface area contributed by atoms with Crippen molar-refractivity contribution >= 4 is 11.9 Å². The second-order valence-corrected chi connectivity index (χ2v) is 3.35. The quantitative estimate of drug-likeness (QED) is 0.567. The summed E-state index contributed by atoms with van der Waals surface area (Å²) in [5.41, 5.74) is 4.36. The maximum absolute atomic E-state index is 11.6.